The molecule has 0 amide bonds. The summed E-state index contributed by atoms with van der Waals surface area (Å²) in [5.74, 6) is 0. The highest BCUT2D eigenvalue weighted by Crippen LogP contribution is 1.99. The number of hydrogen-bond donors (Lipinski definition) is 0. The van der Waals surface area contributed by atoms with E-state index in [4.69, 9.17) is 7.85 Å². The fraction of sp³-hybridized carbons (Fsp3) is 0.167. The topological polar surface area (TPSA) is 12.9 Å². The minimum absolute atomic E-state index is 0.569. The highest BCUT2D eigenvalue weighted by Gasteiger charge is 1.86. The molecule has 0 N–H and O–H groups in total. The normalized spacial score (nSPS) is 9.44. The van der Waals surface area contributed by atoms with E-state index in [1.807, 2.05) is 6.07 Å². The zero-order chi connectivity index (χ0) is 6.69. The Kier molecular flexibility index (Phi) is 2.28. The van der Waals surface area contributed by atoms with Gasteiger partial charge in [0, 0.05) is 11.5 Å². The van der Waals surface area contributed by atoms with Gasteiger partial charge in [0.25, 0.3) is 0 Å². The second kappa shape index (κ2) is 3.02. The van der Waals surface area contributed by atoms with E-state index in [2.05, 4.69) is 20.9 Å². The molecule has 0 aliphatic carbocycles. The maximum absolute atomic E-state index is 5.35. The van der Waals surface area contributed by atoms with Crippen molar-refractivity contribution < 1.29 is 0 Å². The zero-order valence-corrected chi connectivity index (χ0v) is 6.43. The molecule has 2 radical (unpaired) electrons. The zero-order valence-electron chi connectivity index (χ0n) is 4.84. The molecule has 0 unspecified atom stereocenters. The molecule has 1 rings (SSSR count). The van der Waals surface area contributed by atoms with Gasteiger partial charge in [0.2, 0.25) is 0 Å². The summed E-state index contributed by atoms with van der Waals surface area (Å²) in [5, 5.41) is 0.834. The Morgan fingerprint density at radius 2 is 2.33 bits per heavy atom. The molecule has 0 saturated heterocycles. The summed E-state index contributed by atoms with van der Waals surface area (Å²) < 4.78 is 0. The van der Waals surface area contributed by atoms with Gasteiger partial charge in [0.05, 0.1) is 0 Å². The molecular formula is C6H5BBrN. The maximum Gasteiger partial charge on any atom is 0.141 e. The average molecular weight is 182 g/mol. The molecule has 0 aliphatic rings. The van der Waals surface area contributed by atoms with Gasteiger partial charge in [-0.1, -0.05) is 28.1 Å². The molecule has 1 nitrogen and oxygen atoms in total. The van der Waals surface area contributed by atoms with Crippen molar-refractivity contribution in [2.24, 2.45) is 0 Å². The van der Waals surface area contributed by atoms with Gasteiger partial charge in [-0.2, -0.15) is 0 Å². The summed E-state index contributed by atoms with van der Waals surface area (Å²) in [5.41, 5.74) is 1.71. The van der Waals surface area contributed by atoms with E-state index in [0.717, 1.165) is 10.9 Å². The first-order valence-corrected chi connectivity index (χ1v) is 3.71. The van der Waals surface area contributed by atoms with Crippen molar-refractivity contribution >= 4 is 29.4 Å². The molecule has 0 saturated carbocycles. The largest absolute Gasteiger partial charge is 0.273 e. The number of alkyl halides is 1. The highest BCUT2D eigenvalue weighted by atomic mass is 79.9. The van der Waals surface area contributed by atoms with Crippen LogP contribution in [0.25, 0.3) is 0 Å². The average Bonchev–Trinajstić information content (AvgIpc) is 1.90. The fourth-order valence-corrected chi connectivity index (χ4v) is 0.847. The predicted molar refractivity (Wildman–Crippen MR) is 42.3 cm³/mol. The number of pyridine rings is 1. The molecule has 0 aliphatic heterocycles. The van der Waals surface area contributed by atoms with Gasteiger partial charge in [-0.25, -0.2) is 0 Å². The van der Waals surface area contributed by atoms with Crippen LogP contribution in [-0.2, 0) is 5.33 Å². The summed E-state index contributed by atoms with van der Waals surface area (Å²) in [7, 11) is 5.35. The fourth-order valence-electron chi connectivity index (χ4n) is 0.515. The van der Waals surface area contributed by atoms with Crippen molar-refractivity contribution in [3.63, 3.8) is 0 Å². The monoisotopic (exact) mass is 181 g/mol. The molecule has 0 atom stereocenters. The molecule has 3 heteroatoms. The van der Waals surface area contributed by atoms with Crippen LogP contribution in [0.2, 0.25) is 0 Å². The van der Waals surface area contributed by atoms with Gasteiger partial charge in [-0.3, -0.25) is 4.98 Å². The van der Waals surface area contributed by atoms with Crippen LogP contribution in [0, 0.1) is 0 Å². The minimum Gasteiger partial charge on any atom is -0.273 e. The van der Waals surface area contributed by atoms with Crippen molar-refractivity contribution in [3.8, 4) is 0 Å². The van der Waals surface area contributed by atoms with E-state index in [-0.39, 0.29) is 0 Å². The quantitative estimate of drug-likeness (QED) is 0.461. The Hall–Kier alpha value is -0.305. The second-order valence-corrected chi connectivity index (χ2v) is 2.29. The number of hydrogen-bond acceptors (Lipinski definition) is 1. The number of rotatable bonds is 1. The summed E-state index contributed by atoms with van der Waals surface area (Å²) in [6.45, 7) is 0. The first-order valence-electron chi connectivity index (χ1n) is 2.59. The lowest BCUT2D eigenvalue weighted by Gasteiger charge is -1.93. The van der Waals surface area contributed by atoms with E-state index in [1.54, 1.807) is 12.3 Å². The van der Waals surface area contributed by atoms with E-state index < -0.39 is 0 Å². The van der Waals surface area contributed by atoms with Crippen LogP contribution in [-0.4, -0.2) is 12.8 Å². The molecule has 0 spiro atoms. The van der Waals surface area contributed by atoms with E-state index >= 15 is 0 Å². The molecule has 1 aromatic heterocycles. The Morgan fingerprint density at radius 1 is 1.56 bits per heavy atom. The summed E-state index contributed by atoms with van der Waals surface area (Å²) in [6, 6.07) is 3.73. The van der Waals surface area contributed by atoms with Crippen LogP contribution < -0.4 is 5.59 Å². The van der Waals surface area contributed by atoms with Gasteiger partial charge in [0.1, 0.15) is 7.85 Å². The minimum atomic E-state index is 0.569. The van der Waals surface area contributed by atoms with Crippen LogP contribution in [0.15, 0.2) is 18.3 Å². The van der Waals surface area contributed by atoms with Gasteiger partial charge >= 0.3 is 0 Å². The molecule has 1 aromatic rings. The van der Waals surface area contributed by atoms with Crippen LogP contribution in [0.5, 0.6) is 0 Å². The first-order chi connectivity index (χ1) is 4.33. The lowest BCUT2D eigenvalue weighted by atomic mass is 10.0. The molecular weight excluding hydrogens is 177 g/mol. The summed E-state index contributed by atoms with van der Waals surface area (Å²) in [4.78, 5) is 3.90. The summed E-state index contributed by atoms with van der Waals surface area (Å²) in [6.07, 6.45) is 1.75. The van der Waals surface area contributed by atoms with Crippen molar-refractivity contribution in [1.82, 2.24) is 4.98 Å². The van der Waals surface area contributed by atoms with Gasteiger partial charge in [-0.05, 0) is 11.2 Å². The third kappa shape index (κ3) is 1.82. The van der Waals surface area contributed by atoms with Crippen molar-refractivity contribution in [3.05, 3.63) is 23.9 Å². The third-order valence-corrected chi connectivity index (χ3v) is 1.65. The Labute approximate surface area is 64.0 Å². The van der Waals surface area contributed by atoms with Crippen LogP contribution in [0.3, 0.4) is 0 Å². The van der Waals surface area contributed by atoms with Crippen LogP contribution in [0.1, 0.15) is 5.56 Å². The Morgan fingerprint density at radius 3 is 2.78 bits per heavy atom. The third-order valence-electron chi connectivity index (χ3n) is 1.00. The first kappa shape index (κ1) is 6.81. The maximum atomic E-state index is 5.35. The molecule has 1 heterocycles. The van der Waals surface area contributed by atoms with E-state index in [1.165, 1.54) is 0 Å². The van der Waals surface area contributed by atoms with E-state index in [0.29, 0.717) is 5.59 Å². The van der Waals surface area contributed by atoms with Crippen molar-refractivity contribution in [2.75, 3.05) is 0 Å². The Balaban J connectivity index is 2.88. The smallest absolute Gasteiger partial charge is 0.141 e. The van der Waals surface area contributed by atoms with Crippen LogP contribution >= 0.6 is 15.9 Å². The molecule has 44 valence electrons. The van der Waals surface area contributed by atoms with Gasteiger partial charge in [-0.15, -0.1) is 0 Å². The molecule has 9 heavy (non-hydrogen) atoms. The van der Waals surface area contributed by atoms with E-state index in [9.17, 15) is 0 Å². The lowest BCUT2D eigenvalue weighted by Crippen LogP contribution is -2.06. The standard InChI is InChI=1S/C6H5BBrN/c7-6-2-1-5(3-8)4-9-6/h1-2,4H,3H2. The number of aromatic nitrogens is 1. The number of nitrogens with zero attached hydrogens (tertiary/aromatic N) is 1. The van der Waals surface area contributed by atoms with Crippen molar-refractivity contribution in [2.45, 2.75) is 5.33 Å². The number of halogens is 1. The summed E-state index contributed by atoms with van der Waals surface area (Å²) >= 11 is 3.30. The molecule has 0 aromatic carbocycles. The highest BCUT2D eigenvalue weighted by molar-refractivity contribution is 9.08. The SMILES string of the molecule is [B]c1ccc(CBr)cn1. The van der Waals surface area contributed by atoms with Gasteiger partial charge < -0.3 is 0 Å². The lowest BCUT2D eigenvalue weighted by molar-refractivity contribution is 1.30. The second-order valence-electron chi connectivity index (χ2n) is 1.72. The van der Waals surface area contributed by atoms with Crippen molar-refractivity contribution in [1.29, 1.82) is 0 Å². The predicted octanol–water partition coefficient (Wildman–Crippen LogP) is 0.770. The molecule has 0 fully saturated rings. The van der Waals surface area contributed by atoms with Crippen LogP contribution in [0.4, 0.5) is 0 Å². The Bertz CT molecular complexity index is 185. The molecule has 0 bridgehead atoms. The van der Waals surface area contributed by atoms with Gasteiger partial charge in [0.15, 0.2) is 0 Å².